The third-order valence-corrected chi connectivity index (χ3v) is 15.6. The Bertz CT molecular complexity index is 4200. The fourth-order valence-corrected chi connectivity index (χ4v) is 11.5. The molecule has 0 fully saturated rings. The number of hydrogen-bond donors (Lipinski definition) is 22. The molecular formula is C60H48O29. The topological polar surface area (TPSA) is 525 Å². The molecule has 3 aliphatic rings. The van der Waals surface area contributed by atoms with Crippen LogP contribution < -0.4 is 14.2 Å². The SMILES string of the molecule is C[C@H]1c2c(O)cc(O)c([C@H]3c4c(O)cc(O)c([C@H]5c6c(O)cc(O)cc6O[C@H](c6cc(O)c(O)c(O)c6)[C@@H]5OC(=O)c5cc(O)c(O)c(O)c5)c4O[C@H](c4cc(O)c(O)c(O)c4)[C@@H]3O)c2O[C@H](c2cc(O)c(O)c(O)c2)[C@@H]1OC(=O)c1cc(O)c(O)c(O)c1. The molecule has 0 spiro atoms. The molecule has 0 bridgehead atoms. The summed E-state index contributed by atoms with van der Waals surface area (Å²) in [6.07, 6.45) is -12.4. The molecule has 462 valence electrons. The lowest BCUT2D eigenvalue weighted by Crippen LogP contribution is -2.41. The van der Waals surface area contributed by atoms with E-state index < -0.39 is 254 Å². The second-order valence-electron chi connectivity index (χ2n) is 21.1. The molecule has 9 atom stereocenters. The molecule has 8 aromatic rings. The van der Waals surface area contributed by atoms with E-state index in [9.17, 15) is 122 Å². The lowest BCUT2D eigenvalue weighted by molar-refractivity contribution is -0.0322. The van der Waals surface area contributed by atoms with Crippen molar-refractivity contribution in [2.45, 2.75) is 61.3 Å². The average molecular weight is 1230 g/mol. The van der Waals surface area contributed by atoms with Crippen molar-refractivity contribution in [2.75, 3.05) is 0 Å². The second kappa shape index (κ2) is 21.1. The molecule has 0 aliphatic carbocycles. The molecule has 3 heterocycles. The average Bonchev–Trinajstić information content (AvgIpc) is 0.743. The monoisotopic (exact) mass is 1230 g/mol. The number of aromatic hydroxyl groups is 21. The maximum absolute atomic E-state index is 14.5. The van der Waals surface area contributed by atoms with Gasteiger partial charge in [0.15, 0.2) is 111 Å². The largest absolute Gasteiger partial charge is 0.508 e. The van der Waals surface area contributed by atoms with Crippen LogP contribution in [-0.4, -0.2) is 143 Å². The first-order chi connectivity index (χ1) is 41.9. The summed E-state index contributed by atoms with van der Waals surface area (Å²) in [6.45, 7) is 1.31. The Morgan fingerprint density at radius 2 is 0.652 bits per heavy atom. The van der Waals surface area contributed by atoms with Gasteiger partial charge in [-0.15, -0.1) is 0 Å². The van der Waals surface area contributed by atoms with Crippen LogP contribution in [0.4, 0.5) is 0 Å². The molecule has 22 N–H and O–H groups in total. The molecule has 8 aromatic carbocycles. The molecule has 89 heavy (non-hydrogen) atoms. The number of aliphatic hydroxyl groups excluding tert-OH is 1. The van der Waals surface area contributed by atoms with Crippen LogP contribution in [0.1, 0.15) is 108 Å². The summed E-state index contributed by atoms with van der Waals surface area (Å²) in [5, 5.41) is 244. The number of carbonyl (C=O) groups excluding carboxylic acids is 2. The summed E-state index contributed by atoms with van der Waals surface area (Å²) in [5.74, 6) is -31.9. The molecule has 0 saturated heterocycles. The van der Waals surface area contributed by atoms with E-state index in [1.54, 1.807) is 0 Å². The zero-order chi connectivity index (χ0) is 64.4. The highest BCUT2D eigenvalue weighted by atomic mass is 16.6. The van der Waals surface area contributed by atoms with E-state index in [0.29, 0.717) is 36.4 Å². The van der Waals surface area contributed by atoms with Crippen LogP contribution in [0.25, 0.3) is 0 Å². The van der Waals surface area contributed by atoms with Crippen molar-refractivity contribution in [2.24, 2.45) is 0 Å². The zero-order valence-electron chi connectivity index (χ0n) is 45.0. The lowest BCUT2D eigenvalue weighted by Gasteiger charge is -2.44. The predicted octanol–water partition coefficient (Wildman–Crippen LogP) is 6.08. The van der Waals surface area contributed by atoms with Crippen molar-refractivity contribution in [3.8, 4) is 138 Å². The van der Waals surface area contributed by atoms with Gasteiger partial charge in [0, 0.05) is 74.7 Å². The van der Waals surface area contributed by atoms with Crippen molar-refractivity contribution in [1.82, 2.24) is 0 Å². The van der Waals surface area contributed by atoms with Crippen LogP contribution in [-0.2, 0) is 9.47 Å². The molecule has 11 rings (SSSR count). The van der Waals surface area contributed by atoms with Crippen LogP contribution in [0, 0.1) is 0 Å². The van der Waals surface area contributed by atoms with Crippen LogP contribution >= 0.6 is 0 Å². The molecule has 0 saturated carbocycles. The fraction of sp³-hybridized carbons (Fsp3) is 0.167. The van der Waals surface area contributed by atoms with Gasteiger partial charge in [-0.1, -0.05) is 6.92 Å². The van der Waals surface area contributed by atoms with Crippen molar-refractivity contribution in [1.29, 1.82) is 0 Å². The number of benzene rings is 8. The maximum Gasteiger partial charge on any atom is 0.338 e. The summed E-state index contributed by atoms with van der Waals surface area (Å²) in [7, 11) is 0. The summed E-state index contributed by atoms with van der Waals surface area (Å²) in [6, 6.07) is 10.5. The van der Waals surface area contributed by atoms with Gasteiger partial charge in [0.05, 0.1) is 23.0 Å². The van der Waals surface area contributed by atoms with Crippen molar-refractivity contribution in [3.05, 3.63) is 141 Å². The lowest BCUT2D eigenvalue weighted by atomic mass is 9.73. The number of hydrogen-bond acceptors (Lipinski definition) is 29. The smallest absolute Gasteiger partial charge is 0.338 e. The first kappa shape index (κ1) is 58.6. The first-order valence-electron chi connectivity index (χ1n) is 26.0. The third-order valence-electron chi connectivity index (χ3n) is 15.6. The van der Waals surface area contributed by atoms with Crippen molar-refractivity contribution < 1.29 is 146 Å². The highest BCUT2D eigenvalue weighted by Crippen LogP contribution is 2.64. The van der Waals surface area contributed by atoms with Gasteiger partial charge in [-0.3, -0.25) is 0 Å². The normalized spacial score (nSPS) is 20.8. The van der Waals surface area contributed by atoms with Crippen molar-refractivity contribution in [3.63, 3.8) is 0 Å². The Kier molecular flexibility index (Phi) is 13.9. The van der Waals surface area contributed by atoms with Gasteiger partial charge in [0.2, 0.25) is 0 Å². The number of rotatable bonds is 9. The number of ether oxygens (including phenoxy) is 5. The van der Waals surface area contributed by atoms with E-state index in [1.807, 2.05) is 0 Å². The first-order valence-corrected chi connectivity index (χ1v) is 26.0. The highest BCUT2D eigenvalue weighted by molar-refractivity contribution is 5.92. The molecule has 0 amide bonds. The van der Waals surface area contributed by atoms with Gasteiger partial charge in [-0.2, -0.15) is 0 Å². The quantitative estimate of drug-likeness (QED) is 0.0574. The Hall–Kier alpha value is -12.1. The van der Waals surface area contributed by atoms with Crippen LogP contribution in [0.5, 0.6) is 138 Å². The van der Waals surface area contributed by atoms with Crippen LogP contribution in [0.15, 0.2) is 84.9 Å². The molecule has 0 aromatic heterocycles. The number of aliphatic hydroxyl groups is 1. The minimum atomic E-state index is -2.34. The number of phenolic OH excluding ortho intramolecular Hbond substituents is 21. The zero-order valence-corrected chi connectivity index (χ0v) is 45.0. The Labute approximate surface area is 496 Å². The number of fused-ring (bicyclic) bond motifs is 3. The molecule has 0 radical (unpaired) electrons. The Balaban J connectivity index is 1.19. The molecule has 29 nitrogen and oxygen atoms in total. The van der Waals surface area contributed by atoms with Gasteiger partial charge >= 0.3 is 11.9 Å². The van der Waals surface area contributed by atoms with E-state index in [4.69, 9.17) is 23.7 Å². The van der Waals surface area contributed by atoms with Gasteiger partial charge in [0.1, 0.15) is 64.0 Å². The Morgan fingerprint density at radius 1 is 0.337 bits per heavy atom. The van der Waals surface area contributed by atoms with E-state index in [0.717, 1.165) is 48.5 Å². The molecule has 29 heteroatoms. The minimum absolute atomic E-state index is 0.346. The second-order valence-corrected chi connectivity index (χ2v) is 21.1. The van der Waals surface area contributed by atoms with Gasteiger partial charge < -0.3 is 136 Å². The van der Waals surface area contributed by atoms with Crippen LogP contribution in [0.2, 0.25) is 0 Å². The number of esters is 2. The maximum atomic E-state index is 14.5. The van der Waals surface area contributed by atoms with Gasteiger partial charge in [-0.25, -0.2) is 9.59 Å². The van der Waals surface area contributed by atoms with E-state index in [2.05, 4.69) is 0 Å². The molecule has 0 unspecified atom stereocenters. The van der Waals surface area contributed by atoms with E-state index >= 15 is 0 Å². The number of carbonyl (C=O) groups is 2. The van der Waals surface area contributed by atoms with E-state index in [-0.39, 0.29) is 5.56 Å². The predicted molar refractivity (Wildman–Crippen MR) is 293 cm³/mol. The fourth-order valence-electron chi connectivity index (χ4n) is 11.5. The summed E-state index contributed by atoms with van der Waals surface area (Å²) in [4.78, 5) is 28.6. The van der Waals surface area contributed by atoms with Gasteiger partial charge in [0.25, 0.3) is 0 Å². The van der Waals surface area contributed by atoms with Crippen LogP contribution in [0.3, 0.4) is 0 Å². The Morgan fingerprint density at radius 3 is 1.07 bits per heavy atom. The van der Waals surface area contributed by atoms with Crippen molar-refractivity contribution >= 4 is 11.9 Å². The molecular weight excluding hydrogens is 1180 g/mol. The summed E-state index contributed by atoms with van der Waals surface area (Å²) < 4.78 is 31.4. The summed E-state index contributed by atoms with van der Waals surface area (Å²) in [5.41, 5.74) is -5.61. The summed E-state index contributed by atoms with van der Waals surface area (Å²) >= 11 is 0. The van der Waals surface area contributed by atoms with Gasteiger partial charge in [-0.05, 0) is 60.7 Å². The number of phenols is 21. The molecule has 3 aliphatic heterocycles. The third kappa shape index (κ3) is 9.58. The highest BCUT2D eigenvalue weighted by Gasteiger charge is 2.53. The standard InChI is InChI=1S/C60H48O29/c1-16-39-24(63)14-25(64)41(56(39)87-54(18-4-30(69)47(78)31(70)5-18)52(16)88-59(83)20-8-34(73)49(80)35(74)9-20)44-42-26(65)15-27(66)43(57(42)86-53(51(44)82)17-2-28(67)46(77)29(68)3-17)45-40-23(62)12-22(61)13-38(40)85-55(19-6-32(71)48(79)33(72)7-19)58(45)89-60(84)21-10-36(75)50(81)37(76)11-21/h2-16,44-45,51-55,58,61-82H,1H3/t16-,44-,45+,51+,52+,53+,54+,55+,58+/m0/s1. The minimum Gasteiger partial charge on any atom is -0.508 e. The van der Waals surface area contributed by atoms with E-state index in [1.165, 1.54) is 6.92 Å².